The standard InChI is InChI=1S/C26H26FN5O3/c1-17(33)31-9-7-19(8-10-31)20-5-6-24-22(12-20)26(35)32(16-29-24)15-25(34)30(2)14-18-3-4-21(13-28)23(27)11-18/h3-6,11-12,16,19H,7-10,14-15H2,1-2H3. The first-order chi connectivity index (χ1) is 16.8. The Balaban J connectivity index is 1.49. The summed E-state index contributed by atoms with van der Waals surface area (Å²) in [7, 11) is 1.57. The number of aromatic nitrogens is 2. The SMILES string of the molecule is CC(=O)N1CCC(c2ccc3ncn(CC(=O)N(C)Cc4ccc(C#N)c(F)c4)c(=O)c3c2)CC1. The van der Waals surface area contributed by atoms with Crippen LogP contribution in [0.5, 0.6) is 0 Å². The zero-order valence-electron chi connectivity index (χ0n) is 19.7. The predicted octanol–water partition coefficient (Wildman–Crippen LogP) is 2.79. The second-order valence-corrected chi connectivity index (χ2v) is 8.91. The average Bonchev–Trinajstić information content (AvgIpc) is 2.85. The van der Waals surface area contributed by atoms with Gasteiger partial charge in [0.1, 0.15) is 18.4 Å². The van der Waals surface area contributed by atoms with Crippen molar-refractivity contribution in [2.45, 2.75) is 38.8 Å². The van der Waals surface area contributed by atoms with Gasteiger partial charge in [-0.1, -0.05) is 12.1 Å². The van der Waals surface area contributed by atoms with Crippen molar-refractivity contribution >= 4 is 22.7 Å². The van der Waals surface area contributed by atoms with E-state index in [0.29, 0.717) is 29.6 Å². The van der Waals surface area contributed by atoms with E-state index in [9.17, 15) is 18.8 Å². The van der Waals surface area contributed by atoms with Crippen LogP contribution >= 0.6 is 0 Å². The van der Waals surface area contributed by atoms with Crippen LogP contribution < -0.4 is 5.56 Å². The number of amides is 2. The van der Waals surface area contributed by atoms with Gasteiger partial charge in [0, 0.05) is 33.6 Å². The van der Waals surface area contributed by atoms with Crippen LogP contribution in [0.1, 0.15) is 42.4 Å². The summed E-state index contributed by atoms with van der Waals surface area (Å²) in [5, 5.41) is 9.31. The minimum atomic E-state index is -0.636. The Morgan fingerprint density at radius 1 is 1.20 bits per heavy atom. The quantitative estimate of drug-likeness (QED) is 0.565. The van der Waals surface area contributed by atoms with E-state index in [1.807, 2.05) is 23.1 Å². The third-order valence-electron chi connectivity index (χ3n) is 6.56. The summed E-state index contributed by atoms with van der Waals surface area (Å²) < 4.78 is 15.2. The van der Waals surface area contributed by atoms with Crippen LogP contribution in [0.4, 0.5) is 4.39 Å². The van der Waals surface area contributed by atoms with Gasteiger partial charge in [-0.15, -0.1) is 0 Å². The monoisotopic (exact) mass is 475 g/mol. The number of carbonyl (C=O) groups excluding carboxylic acids is 2. The van der Waals surface area contributed by atoms with Gasteiger partial charge in [0.15, 0.2) is 0 Å². The molecular weight excluding hydrogens is 449 g/mol. The molecule has 180 valence electrons. The van der Waals surface area contributed by atoms with Crippen molar-refractivity contribution in [2.75, 3.05) is 20.1 Å². The summed E-state index contributed by atoms with van der Waals surface area (Å²) in [6.45, 7) is 2.91. The van der Waals surface area contributed by atoms with Gasteiger partial charge in [-0.05, 0) is 54.2 Å². The number of nitriles is 1. The van der Waals surface area contributed by atoms with Crippen LogP contribution in [-0.4, -0.2) is 51.3 Å². The smallest absolute Gasteiger partial charge is 0.261 e. The van der Waals surface area contributed by atoms with E-state index in [0.717, 1.165) is 18.4 Å². The molecule has 1 fully saturated rings. The van der Waals surface area contributed by atoms with E-state index in [-0.39, 0.29) is 41.9 Å². The van der Waals surface area contributed by atoms with Crippen molar-refractivity contribution < 1.29 is 14.0 Å². The molecule has 0 bridgehead atoms. The fraction of sp³-hybridized carbons (Fsp3) is 0.346. The zero-order chi connectivity index (χ0) is 25.1. The Morgan fingerprint density at radius 3 is 2.60 bits per heavy atom. The highest BCUT2D eigenvalue weighted by molar-refractivity contribution is 5.80. The minimum absolute atomic E-state index is 0.0553. The van der Waals surface area contributed by atoms with Crippen LogP contribution in [0, 0.1) is 17.1 Å². The summed E-state index contributed by atoms with van der Waals surface area (Å²) in [6, 6.07) is 11.6. The first-order valence-electron chi connectivity index (χ1n) is 11.4. The van der Waals surface area contributed by atoms with Gasteiger partial charge in [0.05, 0.1) is 22.8 Å². The summed E-state index contributed by atoms with van der Waals surface area (Å²) >= 11 is 0. The minimum Gasteiger partial charge on any atom is -0.343 e. The molecule has 1 aromatic heterocycles. The Labute approximate surface area is 202 Å². The number of nitrogens with zero attached hydrogens (tertiary/aromatic N) is 5. The molecule has 0 spiro atoms. The molecule has 0 radical (unpaired) electrons. The third-order valence-corrected chi connectivity index (χ3v) is 6.56. The molecule has 35 heavy (non-hydrogen) atoms. The van der Waals surface area contributed by atoms with E-state index < -0.39 is 5.82 Å². The fourth-order valence-corrected chi connectivity index (χ4v) is 4.45. The van der Waals surface area contributed by atoms with E-state index in [4.69, 9.17) is 5.26 Å². The highest BCUT2D eigenvalue weighted by Crippen LogP contribution is 2.29. The fourth-order valence-electron chi connectivity index (χ4n) is 4.45. The predicted molar refractivity (Wildman–Crippen MR) is 128 cm³/mol. The van der Waals surface area contributed by atoms with Crippen molar-refractivity contribution in [3.05, 3.63) is 75.6 Å². The van der Waals surface area contributed by atoms with Gasteiger partial charge in [-0.3, -0.25) is 19.0 Å². The third kappa shape index (κ3) is 5.22. The lowest BCUT2D eigenvalue weighted by atomic mass is 9.89. The highest BCUT2D eigenvalue weighted by atomic mass is 19.1. The van der Waals surface area contributed by atoms with Crippen LogP contribution in [0.25, 0.3) is 10.9 Å². The molecule has 3 aromatic rings. The lowest BCUT2D eigenvalue weighted by Gasteiger charge is -2.31. The lowest BCUT2D eigenvalue weighted by molar-refractivity contribution is -0.131. The van der Waals surface area contributed by atoms with Gasteiger partial charge in [0.25, 0.3) is 5.56 Å². The summed E-state index contributed by atoms with van der Waals surface area (Å²) in [5.74, 6) is -0.633. The van der Waals surface area contributed by atoms with E-state index >= 15 is 0 Å². The maximum Gasteiger partial charge on any atom is 0.261 e. The molecule has 0 N–H and O–H groups in total. The number of likely N-dealkylation sites (N-methyl/N-ethyl adjacent to an activating group) is 1. The van der Waals surface area contributed by atoms with Crippen LogP contribution in [-0.2, 0) is 22.7 Å². The van der Waals surface area contributed by atoms with Crippen molar-refractivity contribution in [1.29, 1.82) is 5.26 Å². The Kier molecular flexibility index (Phi) is 6.92. The molecule has 2 aromatic carbocycles. The van der Waals surface area contributed by atoms with Crippen molar-refractivity contribution in [3.63, 3.8) is 0 Å². The summed E-state index contributed by atoms with van der Waals surface area (Å²) in [5.41, 5.74) is 1.78. The number of likely N-dealkylation sites (tertiary alicyclic amines) is 1. The van der Waals surface area contributed by atoms with Crippen LogP contribution in [0.15, 0.2) is 47.5 Å². The van der Waals surface area contributed by atoms with Gasteiger partial charge in [0.2, 0.25) is 11.8 Å². The van der Waals surface area contributed by atoms with Gasteiger partial charge in [-0.25, -0.2) is 9.37 Å². The van der Waals surface area contributed by atoms with Gasteiger partial charge < -0.3 is 9.80 Å². The molecule has 0 atom stereocenters. The summed E-state index contributed by atoms with van der Waals surface area (Å²) in [4.78, 5) is 45.1. The maximum atomic E-state index is 13.9. The molecule has 1 saturated heterocycles. The van der Waals surface area contributed by atoms with E-state index in [1.54, 1.807) is 26.1 Å². The van der Waals surface area contributed by atoms with E-state index in [2.05, 4.69) is 4.98 Å². The van der Waals surface area contributed by atoms with Gasteiger partial charge >= 0.3 is 0 Å². The topological polar surface area (TPSA) is 99.3 Å². The molecule has 2 heterocycles. The van der Waals surface area contributed by atoms with Crippen molar-refractivity contribution in [3.8, 4) is 6.07 Å². The lowest BCUT2D eigenvalue weighted by Crippen LogP contribution is -2.36. The largest absolute Gasteiger partial charge is 0.343 e. The first kappa shape index (κ1) is 24.1. The van der Waals surface area contributed by atoms with Crippen molar-refractivity contribution in [2.24, 2.45) is 0 Å². The number of hydrogen-bond acceptors (Lipinski definition) is 5. The number of rotatable bonds is 5. The molecule has 0 aliphatic carbocycles. The molecule has 8 nitrogen and oxygen atoms in total. The first-order valence-corrected chi connectivity index (χ1v) is 11.4. The molecular formula is C26H26FN5O3. The zero-order valence-corrected chi connectivity index (χ0v) is 19.7. The molecule has 1 aliphatic heterocycles. The average molecular weight is 476 g/mol. The molecule has 4 rings (SSSR count). The molecule has 2 amide bonds. The number of hydrogen-bond donors (Lipinski definition) is 0. The van der Waals surface area contributed by atoms with Crippen LogP contribution in [0.2, 0.25) is 0 Å². The molecule has 0 saturated carbocycles. The number of fused-ring (bicyclic) bond motifs is 1. The van der Waals surface area contributed by atoms with Gasteiger partial charge in [-0.2, -0.15) is 5.26 Å². The number of carbonyl (C=O) groups is 2. The Morgan fingerprint density at radius 2 is 1.94 bits per heavy atom. The molecule has 0 unspecified atom stereocenters. The van der Waals surface area contributed by atoms with Crippen LogP contribution in [0.3, 0.4) is 0 Å². The Bertz CT molecular complexity index is 1390. The number of piperidine rings is 1. The van der Waals surface area contributed by atoms with Crippen molar-refractivity contribution in [1.82, 2.24) is 19.4 Å². The number of benzene rings is 2. The summed E-state index contributed by atoms with van der Waals surface area (Å²) in [6.07, 6.45) is 3.03. The normalized spacial score (nSPS) is 14.1. The number of halogens is 1. The second kappa shape index (κ2) is 10.1. The maximum absolute atomic E-state index is 13.9. The second-order valence-electron chi connectivity index (χ2n) is 8.91. The Hall–Kier alpha value is -4.06. The molecule has 1 aliphatic rings. The molecule has 9 heteroatoms. The van der Waals surface area contributed by atoms with E-state index in [1.165, 1.54) is 27.9 Å². The highest BCUT2D eigenvalue weighted by Gasteiger charge is 2.22.